The number of hydrogen-bond donors (Lipinski definition) is 1. The molecule has 3 nitrogen and oxygen atoms in total. The largest absolute Gasteiger partial charge is 0.481 e. The molecule has 1 saturated heterocycles. The van der Waals surface area contributed by atoms with Gasteiger partial charge in [-0.25, -0.2) is 0 Å². The lowest BCUT2D eigenvalue weighted by atomic mass is 9.86. The van der Waals surface area contributed by atoms with Gasteiger partial charge in [0.15, 0.2) is 0 Å². The maximum absolute atomic E-state index is 10.6. The predicted octanol–water partition coefficient (Wildman–Crippen LogP) is 6.26. The van der Waals surface area contributed by atoms with E-state index in [9.17, 15) is 4.79 Å². The van der Waals surface area contributed by atoms with Crippen molar-refractivity contribution in [2.24, 2.45) is 0 Å². The molecule has 0 aliphatic carbocycles. The van der Waals surface area contributed by atoms with Crippen LogP contribution in [0.15, 0.2) is 59.0 Å². The Kier molecular flexibility index (Phi) is 8.43. The van der Waals surface area contributed by atoms with Gasteiger partial charge < -0.3 is 10.0 Å². The van der Waals surface area contributed by atoms with Gasteiger partial charge in [-0.2, -0.15) is 0 Å². The van der Waals surface area contributed by atoms with Crippen molar-refractivity contribution in [3.8, 4) is 0 Å². The molecule has 160 valence electrons. The Morgan fingerprint density at radius 3 is 2.40 bits per heavy atom. The fourth-order valence-electron chi connectivity index (χ4n) is 4.46. The van der Waals surface area contributed by atoms with Crippen molar-refractivity contribution in [1.29, 1.82) is 0 Å². The molecule has 2 heterocycles. The third-order valence-electron chi connectivity index (χ3n) is 6.00. The van der Waals surface area contributed by atoms with E-state index in [0.717, 1.165) is 57.5 Å². The van der Waals surface area contributed by atoms with E-state index in [-0.39, 0.29) is 12.4 Å². The van der Waals surface area contributed by atoms with Crippen LogP contribution in [-0.2, 0) is 10.5 Å². The molecule has 2 aliphatic rings. The number of hydrogen-bond acceptors (Lipinski definition) is 3. The topological polar surface area (TPSA) is 40.5 Å². The number of carboxylic acid groups (broad SMARTS) is 1. The summed E-state index contributed by atoms with van der Waals surface area (Å²) in [5.74, 6) is 0.355. The maximum atomic E-state index is 10.6. The molecule has 2 aliphatic heterocycles. The zero-order valence-corrected chi connectivity index (χ0v) is 18.9. The molecule has 0 spiro atoms. The number of carboxylic acids is 1. The molecule has 30 heavy (non-hydrogen) atoms. The van der Waals surface area contributed by atoms with Gasteiger partial charge in [0, 0.05) is 30.2 Å². The van der Waals surface area contributed by atoms with Crippen LogP contribution in [-0.4, -0.2) is 35.6 Å². The number of likely N-dealkylation sites (tertiary alicyclic amines) is 1. The monoisotopic (exact) mass is 443 g/mol. The van der Waals surface area contributed by atoms with Crippen LogP contribution in [0.2, 0.25) is 0 Å². The van der Waals surface area contributed by atoms with Crippen molar-refractivity contribution < 1.29 is 9.90 Å². The minimum atomic E-state index is -0.679. The maximum Gasteiger partial charge on any atom is 0.303 e. The molecule has 0 atom stereocenters. The van der Waals surface area contributed by atoms with Crippen LogP contribution in [0.3, 0.4) is 0 Å². The highest BCUT2D eigenvalue weighted by Crippen LogP contribution is 2.43. The minimum absolute atomic E-state index is 0. The molecule has 0 bridgehead atoms. The van der Waals surface area contributed by atoms with E-state index in [0.29, 0.717) is 6.42 Å². The van der Waals surface area contributed by atoms with Gasteiger partial charge in [0.1, 0.15) is 0 Å². The van der Waals surface area contributed by atoms with Gasteiger partial charge in [-0.3, -0.25) is 4.79 Å². The van der Waals surface area contributed by atoms with Crippen LogP contribution in [0.1, 0.15) is 55.2 Å². The molecule has 5 heteroatoms. The van der Waals surface area contributed by atoms with Crippen LogP contribution < -0.4 is 0 Å². The second-order valence-electron chi connectivity index (χ2n) is 7.97. The number of fused-ring (bicyclic) bond motifs is 2. The third kappa shape index (κ3) is 5.48. The van der Waals surface area contributed by atoms with Gasteiger partial charge in [-0.05, 0) is 60.6 Å². The summed E-state index contributed by atoms with van der Waals surface area (Å²) in [6.07, 6.45) is 5.45. The molecule has 1 fully saturated rings. The van der Waals surface area contributed by atoms with E-state index in [1.165, 1.54) is 27.2 Å². The van der Waals surface area contributed by atoms with Crippen molar-refractivity contribution in [1.82, 2.24) is 4.90 Å². The van der Waals surface area contributed by atoms with Crippen LogP contribution in [0.25, 0.3) is 5.57 Å². The van der Waals surface area contributed by atoms with Gasteiger partial charge in [-0.15, -0.1) is 24.2 Å². The van der Waals surface area contributed by atoms with Gasteiger partial charge in [0.05, 0.1) is 0 Å². The van der Waals surface area contributed by atoms with Crippen molar-refractivity contribution in [3.05, 3.63) is 70.8 Å². The molecule has 2 aromatic rings. The smallest absolute Gasteiger partial charge is 0.303 e. The lowest BCUT2D eigenvalue weighted by molar-refractivity contribution is -0.137. The van der Waals surface area contributed by atoms with Gasteiger partial charge in [0.2, 0.25) is 0 Å². The number of halogens is 1. The summed E-state index contributed by atoms with van der Waals surface area (Å²) >= 11 is 1.95. The molecule has 0 saturated carbocycles. The average Bonchev–Trinajstić information content (AvgIpc) is 2.91. The van der Waals surface area contributed by atoms with Crippen molar-refractivity contribution in [3.63, 3.8) is 0 Å². The average molecular weight is 444 g/mol. The first-order valence-corrected chi connectivity index (χ1v) is 11.7. The third-order valence-corrected chi connectivity index (χ3v) is 7.13. The molecule has 1 N–H and O–H groups in total. The van der Waals surface area contributed by atoms with E-state index in [4.69, 9.17) is 5.11 Å². The van der Waals surface area contributed by atoms with E-state index in [2.05, 4.69) is 53.4 Å². The molecule has 4 rings (SSSR count). The van der Waals surface area contributed by atoms with Gasteiger partial charge >= 0.3 is 5.97 Å². The number of thioether (sulfide) groups is 1. The van der Waals surface area contributed by atoms with E-state index < -0.39 is 5.97 Å². The number of benzene rings is 2. The Morgan fingerprint density at radius 1 is 0.933 bits per heavy atom. The summed E-state index contributed by atoms with van der Waals surface area (Å²) in [4.78, 5) is 14.6. The zero-order valence-electron chi connectivity index (χ0n) is 17.3. The number of unbranched alkanes of at least 4 members (excludes halogenated alkanes) is 2. The Balaban J connectivity index is 0.00000256. The molecule has 2 aromatic carbocycles. The lowest BCUT2D eigenvalue weighted by Gasteiger charge is -2.30. The van der Waals surface area contributed by atoms with E-state index in [1.54, 1.807) is 5.57 Å². The quantitative estimate of drug-likeness (QED) is 0.535. The molecule has 0 aromatic heterocycles. The molecule has 0 radical (unpaired) electrons. The fourth-order valence-corrected chi connectivity index (χ4v) is 5.52. The molecular weight excluding hydrogens is 414 g/mol. The Morgan fingerprint density at radius 2 is 1.63 bits per heavy atom. The van der Waals surface area contributed by atoms with Crippen molar-refractivity contribution in [2.75, 3.05) is 19.6 Å². The standard InChI is InChI=1S/C25H29NO2S.ClH/c27-24(28)12-2-1-7-15-26-16-13-19(14-17-26)25-21-9-4-3-8-20(21)18-29-23-11-6-5-10-22(23)25;/h3-6,8-11H,1-2,7,12-18H2,(H,27,28);1H. The Labute approximate surface area is 190 Å². The summed E-state index contributed by atoms with van der Waals surface area (Å²) < 4.78 is 0. The van der Waals surface area contributed by atoms with E-state index in [1.807, 2.05) is 11.8 Å². The predicted molar refractivity (Wildman–Crippen MR) is 127 cm³/mol. The summed E-state index contributed by atoms with van der Waals surface area (Å²) in [7, 11) is 0. The van der Waals surface area contributed by atoms with Gasteiger partial charge in [0.25, 0.3) is 0 Å². The highest BCUT2D eigenvalue weighted by molar-refractivity contribution is 7.98. The zero-order chi connectivity index (χ0) is 20.1. The number of nitrogens with zero attached hydrogens (tertiary/aromatic N) is 1. The first-order valence-electron chi connectivity index (χ1n) is 10.7. The number of carbonyl (C=O) groups is 1. The fraction of sp³-hybridized carbons (Fsp3) is 0.400. The Hall–Kier alpha value is -1.75. The molecule has 0 amide bonds. The highest BCUT2D eigenvalue weighted by atomic mass is 35.5. The number of rotatable bonds is 6. The van der Waals surface area contributed by atoms with Crippen molar-refractivity contribution >= 4 is 35.7 Å². The highest BCUT2D eigenvalue weighted by Gasteiger charge is 2.23. The lowest BCUT2D eigenvalue weighted by Crippen LogP contribution is -2.32. The second kappa shape index (κ2) is 11.0. The Bertz CT molecular complexity index is 852. The summed E-state index contributed by atoms with van der Waals surface area (Å²) in [5.41, 5.74) is 7.33. The summed E-state index contributed by atoms with van der Waals surface area (Å²) in [6, 6.07) is 17.8. The van der Waals surface area contributed by atoms with Crippen molar-refractivity contribution in [2.45, 2.75) is 49.2 Å². The van der Waals surface area contributed by atoms with E-state index >= 15 is 0 Å². The SMILES string of the molecule is Cl.O=C(O)CCCCCN1CCC(=C2c3ccccc3CSc3ccccc32)CC1. The number of aliphatic carboxylic acids is 1. The molecular formula is C25H30ClNO2S. The molecule has 0 unspecified atom stereocenters. The first-order chi connectivity index (χ1) is 14.2. The second-order valence-corrected chi connectivity index (χ2v) is 8.98. The minimum Gasteiger partial charge on any atom is -0.481 e. The van der Waals surface area contributed by atoms with Crippen LogP contribution >= 0.6 is 24.2 Å². The summed E-state index contributed by atoms with van der Waals surface area (Å²) in [5, 5.41) is 8.76. The normalized spacial score (nSPS) is 16.3. The first kappa shape index (κ1) is 22.9. The van der Waals surface area contributed by atoms with Crippen LogP contribution in [0.5, 0.6) is 0 Å². The summed E-state index contributed by atoms with van der Waals surface area (Å²) in [6.45, 7) is 3.30. The van der Waals surface area contributed by atoms with Crippen LogP contribution in [0.4, 0.5) is 0 Å². The van der Waals surface area contributed by atoms with Crippen LogP contribution in [0, 0.1) is 0 Å². The van der Waals surface area contributed by atoms with Gasteiger partial charge in [-0.1, -0.05) is 54.5 Å². The number of piperidine rings is 1.